The van der Waals surface area contributed by atoms with Gasteiger partial charge in [-0.2, -0.15) is 0 Å². The lowest BCUT2D eigenvalue weighted by molar-refractivity contribution is -0.141. The lowest BCUT2D eigenvalue weighted by Crippen LogP contribution is -2.39. The summed E-state index contributed by atoms with van der Waals surface area (Å²) in [5.41, 5.74) is 4.78. The number of aromatic amines is 1. The highest BCUT2D eigenvalue weighted by molar-refractivity contribution is 5.95. The number of aliphatic carboxylic acids is 1. The maximum Gasteiger partial charge on any atom is 0.305 e. The Morgan fingerprint density at radius 3 is 2.78 bits per heavy atom. The van der Waals surface area contributed by atoms with Crippen LogP contribution in [-0.4, -0.2) is 62.8 Å². The van der Waals surface area contributed by atoms with E-state index in [9.17, 15) is 14.4 Å². The number of carboxylic acid groups (broad SMARTS) is 1. The molecule has 9 heteroatoms. The maximum atomic E-state index is 13.1. The first-order chi connectivity index (χ1) is 15.2. The molecule has 1 atom stereocenters. The normalized spacial score (nSPS) is 15.8. The number of para-hydroxylation sites is 1. The Labute approximate surface area is 185 Å². The third kappa shape index (κ3) is 4.14. The number of nitrogens with zero attached hydrogens (tertiary/aromatic N) is 3. The Hall–Kier alpha value is -3.88. The smallest absolute Gasteiger partial charge is 0.305 e. The number of benzene rings is 2. The number of carbonyl (C=O) groups is 3. The lowest BCUT2D eigenvalue weighted by atomic mass is 10.1. The number of carboxylic acids is 1. The molecule has 0 spiro atoms. The number of imidazole rings is 1. The molecule has 9 nitrogen and oxygen atoms in total. The molecule has 0 bridgehead atoms. The molecule has 1 aromatic heterocycles. The van der Waals surface area contributed by atoms with E-state index in [1.54, 1.807) is 37.2 Å². The number of H-pyrrole nitrogens is 1. The van der Waals surface area contributed by atoms with E-state index < -0.39 is 12.0 Å². The van der Waals surface area contributed by atoms with Gasteiger partial charge in [-0.25, -0.2) is 4.98 Å². The minimum Gasteiger partial charge on any atom is -0.481 e. The number of aryl methyl sites for hydroxylation is 1. The van der Waals surface area contributed by atoms with Crippen LogP contribution in [-0.2, 0) is 22.7 Å². The van der Waals surface area contributed by atoms with Gasteiger partial charge in [0.2, 0.25) is 5.91 Å². The molecule has 0 unspecified atom stereocenters. The van der Waals surface area contributed by atoms with E-state index in [1.165, 1.54) is 4.90 Å². The number of rotatable bonds is 5. The molecular formula is C23H25N5O4. The van der Waals surface area contributed by atoms with Gasteiger partial charge < -0.3 is 25.2 Å². The molecule has 32 heavy (non-hydrogen) atoms. The summed E-state index contributed by atoms with van der Waals surface area (Å²) in [6, 6.07) is 10.2. The first-order valence-electron chi connectivity index (χ1n) is 10.3. The number of amides is 2. The lowest BCUT2D eigenvalue weighted by Gasteiger charge is -2.19. The standard InChI is InChI=1S/C23H25N5O4/c1-13-5-4-6-17-21(13)26-19(25-17)12-28(3)22(31)14-7-8-16-15(9-14)11-27(2)23(32)18(24-16)10-20(29)30/h4-9,18,24H,10-12H2,1-3H3,(H,25,26)(H,29,30)/t18-/m0/s1. The van der Waals surface area contributed by atoms with Crippen LogP contribution in [0.3, 0.4) is 0 Å². The molecule has 166 valence electrons. The van der Waals surface area contributed by atoms with Crippen molar-refractivity contribution in [1.82, 2.24) is 19.8 Å². The summed E-state index contributed by atoms with van der Waals surface area (Å²) in [6.07, 6.45) is -0.316. The number of aromatic nitrogens is 2. The predicted molar refractivity (Wildman–Crippen MR) is 119 cm³/mol. The summed E-state index contributed by atoms with van der Waals surface area (Å²) in [5.74, 6) is -0.829. The van der Waals surface area contributed by atoms with E-state index >= 15 is 0 Å². The fraction of sp³-hybridized carbons (Fsp3) is 0.304. The largest absolute Gasteiger partial charge is 0.481 e. The fourth-order valence-electron chi connectivity index (χ4n) is 3.98. The van der Waals surface area contributed by atoms with Crippen LogP contribution < -0.4 is 5.32 Å². The van der Waals surface area contributed by atoms with Crippen molar-refractivity contribution in [3.05, 3.63) is 58.9 Å². The number of hydrogen-bond acceptors (Lipinski definition) is 5. The van der Waals surface area contributed by atoms with Gasteiger partial charge in [-0.05, 0) is 42.3 Å². The summed E-state index contributed by atoms with van der Waals surface area (Å²) < 4.78 is 0. The monoisotopic (exact) mass is 435 g/mol. The molecule has 2 aromatic carbocycles. The van der Waals surface area contributed by atoms with Crippen LogP contribution in [0.5, 0.6) is 0 Å². The predicted octanol–water partition coefficient (Wildman–Crippen LogP) is 2.37. The van der Waals surface area contributed by atoms with Crippen molar-refractivity contribution < 1.29 is 19.5 Å². The first kappa shape index (κ1) is 21.4. The number of nitrogens with one attached hydrogen (secondary N) is 2. The Balaban J connectivity index is 1.54. The number of carbonyl (C=O) groups excluding carboxylic acids is 2. The number of hydrogen-bond donors (Lipinski definition) is 3. The van der Waals surface area contributed by atoms with Crippen molar-refractivity contribution in [2.75, 3.05) is 19.4 Å². The van der Waals surface area contributed by atoms with Crippen LogP contribution >= 0.6 is 0 Å². The van der Waals surface area contributed by atoms with Gasteiger partial charge in [-0.1, -0.05) is 12.1 Å². The molecule has 3 N–H and O–H groups in total. The first-order valence-corrected chi connectivity index (χ1v) is 10.3. The average molecular weight is 435 g/mol. The number of likely N-dealkylation sites (N-methyl/N-ethyl adjacent to an activating group) is 1. The zero-order chi connectivity index (χ0) is 23.0. The SMILES string of the molecule is Cc1cccc2[nH]c(CN(C)C(=O)c3ccc4c(c3)CN(C)C(=O)[C@H](CC(=O)O)N4)nc12. The highest BCUT2D eigenvalue weighted by Crippen LogP contribution is 2.25. The molecule has 0 aliphatic carbocycles. The second-order valence-electron chi connectivity index (χ2n) is 8.18. The third-order valence-electron chi connectivity index (χ3n) is 5.64. The van der Waals surface area contributed by atoms with E-state index in [1.807, 2.05) is 25.1 Å². The average Bonchev–Trinajstić information content (AvgIpc) is 3.12. The Bertz CT molecular complexity index is 1220. The van der Waals surface area contributed by atoms with E-state index in [0.29, 0.717) is 23.6 Å². The maximum absolute atomic E-state index is 13.1. The summed E-state index contributed by atoms with van der Waals surface area (Å²) in [7, 11) is 3.34. The van der Waals surface area contributed by atoms with E-state index in [2.05, 4.69) is 15.3 Å². The van der Waals surface area contributed by atoms with E-state index in [-0.39, 0.29) is 24.8 Å². The van der Waals surface area contributed by atoms with Gasteiger partial charge in [-0.3, -0.25) is 14.4 Å². The quantitative estimate of drug-likeness (QED) is 0.566. The number of fused-ring (bicyclic) bond motifs is 2. The molecule has 0 saturated carbocycles. The Kier molecular flexibility index (Phi) is 5.56. The topological polar surface area (TPSA) is 119 Å². The zero-order valence-electron chi connectivity index (χ0n) is 18.2. The van der Waals surface area contributed by atoms with Crippen molar-refractivity contribution in [2.24, 2.45) is 0 Å². The van der Waals surface area contributed by atoms with E-state index in [4.69, 9.17) is 5.11 Å². The van der Waals surface area contributed by atoms with Gasteiger partial charge in [-0.15, -0.1) is 0 Å². The fourth-order valence-corrected chi connectivity index (χ4v) is 3.98. The molecule has 4 rings (SSSR count). The molecule has 1 aliphatic rings. The van der Waals surface area contributed by atoms with Gasteiger partial charge in [0.15, 0.2) is 0 Å². The van der Waals surface area contributed by atoms with Gasteiger partial charge >= 0.3 is 5.97 Å². The van der Waals surface area contributed by atoms with Crippen molar-refractivity contribution in [1.29, 1.82) is 0 Å². The molecule has 0 radical (unpaired) electrons. The summed E-state index contributed by atoms with van der Waals surface area (Å²) in [5, 5.41) is 12.1. The van der Waals surface area contributed by atoms with Gasteiger partial charge in [0, 0.05) is 31.9 Å². The van der Waals surface area contributed by atoms with Crippen molar-refractivity contribution in [3.8, 4) is 0 Å². The Morgan fingerprint density at radius 2 is 2.06 bits per heavy atom. The second-order valence-corrected chi connectivity index (χ2v) is 8.18. The highest BCUT2D eigenvalue weighted by Gasteiger charge is 2.29. The van der Waals surface area contributed by atoms with Crippen LogP contribution in [0.15, 0.2) is 36.4 Å². The van der Waals surface area contributed by atoms with Gasteiger partial charge in [0.05, 0.1) is 24.0 Å². The van der Waals surface area contributed by atoms with Crippen LogP contribution in [0.2, 0.25) is 0 Å². The summed E-state index contributed by atoms with van der Waals surface area (Å²) >= 11 is 0. The van der Waals surface area contributed by atoms with Crippen LogP contribution in [0, 0.1) is 6.92 Å². The minimum absolute atomic E-state index is 0.176. The van der Waals surface area contributed by atoms with Crippen LogP contribution in [0.1, 0.15) is 33.7 Å². The Morgan fingerprint density at radius 1 is 1.28 bits per heavy atom. The van der Waals surface area contributed by atoms with Crippen molar-refractivity contribution in [3.63, 3.8) is 0 Å². The highest BCUT2D eigenvalue weighted by atomic mass is 16.4. The van der Waals surface area contributed by atoms with E-state index in [0.717, 1.165) is 22.2 Å². The molecule has 3 aromatic rings. The molecule has 1 aliphatic heterocycles. The molecular weight excluding hydrogens is 410 g/mol. The molecule has 0 fully saturated rings. The van der Waals surface area contributed by atoms with Crippen LogP contribution in [0.4, 0.5) is 5.69 Å². The summed E-state index contributed by atoms with van der Waals surface area (Å²) in [6.45, 7) is 2.60. The van der Waals surface area contributed by atoms with Gasteiger partial charge in [0.25, 0.3) is 5.91 Å². The van der Waals surface area contributed by atoms with Crippen LogP contribution in [0.25, 0.3) is 11.0 Å². The minimum atomic E-state index is -1.05. The number of anilines is 1. The van der Waals surface area contributed by atoms with Crippen molar-refractivity contribution in [2.45, 2.75) is 32.5 Å². The summed E-state index contributed by atoms with van der Waals surface area (Å²) in [4.78, 5) is 47.6. The third-order valence-corrected chi connectivity index (χ3v) is 5.64. The van der Waals surface area contributed by atoms with Crippen molar-refractivity contribution >= 4 is 34.5 Å². The van der Waals surface area contributed by atoms with Gasteiger partial charge in [0.1, 0.15) is 11.9 Å². The zero-order valence-corrected chi connectivity index (χ0v) is 18.2. The molecule has 2 heterocycles. The molecule has 2 amide bonds. The molecule has 0 saturated heterocycles. The second kappa shape index (κ2) is 8.33.